The summed E-state index contributed by atoms with van der Waals surface area (Å²) >= 11 is 3.58. The van der Waals surface area contributed by atoms with Crippen LogP contribution in [0, 0.1) is 6.92 Å². The molecule has 2 N–H and O–H groups in total. The highest BCUT2D eigenvalue weighted by atomic mass is 79.9. The molecule has 0 saturated carbocycles. The second-order valence-electron chi connectivity index (χ2n) is 4.58. The fourth-order valence-corrected chi connectivity index (χ4v) is 2.52. The van der Waals surface area contributed by atoms with Gasteiger partial charge in [0.2, 0.25) is 0 Å². The van der Waals surface area contributed by atoms with Crippen molar-refractivity contribution in [1.29, 1.82) is 0 Å². The van der Waals surface area contributed by atoms with Crippen molar-refractivity contribution in [2.24, 2.45) is 5.73 Å². The van der Waals surface area contributed by atoms with E-state index in [0.29, 0.717) is 6.54 Å². The van der Waals surface area contributed by atoms with Gasteiger partial charge in [0, 0.05) is 36.4 Å². The SMILES string of the molecule is Cc1ccnc(N(C)Cc2ccccc2Br)c1CN. The molecular formula is C15H18BrN3. The van der Waals surface area contributed by atoms with Crippen molar-refractivity contribution >= 4 is 21.7 Å². The molecule has 0 aliphatic rings. The van der Waals surface area contributed by atoms with Gasteiger partial charge in [-0.05, 0) is 30.2 Å². The van der Waals surface area contributed by atoms with Crippen molar-refractivity contribution in [2.45, 2.75) is 20.0 Å². The topological polar surface area (TPSA) is 42.2 Å². The first kappa shape index (κ1) is 14.0. The van der Waals surface area contributed by atoms with E-state index in [9.17, 15) is 0 Å². The summed E-state index contributed by atoms with van der Waals surface area (Å²) in [5, 5.41) is 0. The first-order valence-corrected chi connectivity index (χ1v) is 7.02. The van der Waals surface area contributed by atoms with E-state index in [1.807, 2.05) is 31.4 Å². The highest BCUT2D eigenvalue weighted by Crippen LogP contribution is 2.23. The first-order chi connectivity index (χ1) is 9.13. The summed E-state index contributed by atoms with van der Waals surface area (Å²) in [7, 11) is 2.04. The average molecular weight is 320 g/mol. The Labute approximate surface area is 122 Å². The second kappa shape index (κ2) is 6.17. The van der Waals surface area contributed by atoms with E-state index in [1.165, 1.54) is 11.1 Å². The number of anilines is 1. The van der Waals surface area contributed by atoms with Gasteiger partial charge in [-0.1, -0.05) is 34.1 Å². The Morgan fingerprint density at radius 3 is 2.68 bits per heavy atom. The van der Waals surface area contributed by atoms with E-state index in [0.717, 1.165) is 22.4 Å². The maximum Gasteiger partial charge on any atom is 0.133 e. The zero-order chi connectivity index (χ0) is 13.8. The van der Waals surface area contributed by atoms with Gasteiger partial charge in [-0.15, -0.1) is 0 Å². The van der Waals surface area contributed by atoms with Gasteiger partial charge in [0.1, 0.15) is 5.82 Å². The van der Waals surface area contributed by atoms with Crippen molar-refractivity contribution in [1.82, 2.24) is 4.98 Å². The molecule has 1 aromatic carbocycles. The van der Waals surface area contributed by atoms with Gasteiger partial charge in [-0.25, -0.2) is 4.98 Å². The third kappa shape index (κ3) is 3.14. The molecule has 0 fully saturated rings. The fraction of sp³-hybridized carbons (Fsp3) is 0.267. The Balaban J connectivity index is 2.28. The zero-order valence-corrected chi connectivity index (χ0v) is 12.8. The van der Waals surface area contributed by atoms with Crippen LogP contribution in [0.25, 0.3) is 0 Å². The highest BCUT2D eigenvalue weighted by Gasteiger charge is 2.11. The molecule has 0 atom stereocenters. The Hall–Kier alpha value is -1.39. The summed E-state index contributed by atoms with van der Waals surface area (Å²) in [6.07, 6.45) is 1.83. The number of halogens is 1. The van der Waals surface area contributed by atoms with Crippen LogP contribution in [0.15, 0.2) is 41.0 Å². The maximum atomic E-state index is 5.84. The lowest BCUT2D eigenvalue weighted by Crippen LogP contribution is -2.21. The Kier molecular flexibility index (Phi) is 4.56. The Morgan fingerprint density at radius 1 is 1.26 bits per heavy atom. The molecule has 1 aromatic heterocycles. The zero-order valence-electron chi connectivity index (χ0n) is 11.2. The van der Waals surface area contributed by atoms with Gasteiger partial charge in [0.25, 0.3) is 0 Å². The number of aryl methyl sites for hydroxylation is 1. The predicted octanol–water partition coefficient (Wildman–Crippen LogP) is 3.25. The van der Waals surface area contributed by atoms with Gasteiger partial charge in [0.05, 0.1) is 0 Å². The molecule has 0 spiro atoms. The van der Waals surface area contributed by atoms with Crippen molar-refractivity contribution < 1.29 is 0 Å². The predicted molar refractivity (Wildman–Crippen MR) is 83.1 cm³/mol. The summed E-state index contributed by atoms with van der Waals surface area (Å²) in [6, 6.07) is 10.2. The summed E-state index contributed by atoms with van der Waals surface area (Å²) in [5.74, 6) is 0.957. The van der Waals surface area contributed by atoms with E-state index in [2.05, 4.69) is 44.9 Å². The minimum absolute atomic E-state index is 0.509. The number of hydrogen-bond acceptors (Lipinski definition) is 3. The van der Waals surface area contributed by atoms with Crippen LogP contribution < -0.4 is 10.6 Å². The van der Waals surface area contributed by atoms with Gasteiger partial charge in [0.15, 0.2) is 0 Å². The molecule has 2 rings (SSSR count). The van der Waals surface area contributed by atoms with Crippen LogP contribution >= 0.6 is 15.9 Å². The molecule has 0 aliphatic carbocycles. The molecule has 4 heteroatoms. The molecule has 0 bridgehead atoms. The quantitative estimate of drug-likeness (QED) is 0.940. The highest BCUT2D eigenvalue weighted by molar-refractivity contribution is 9.10. The van der Waals surface area contributed by atoms with Gasteiger partial charge in [-0.2, -0.15) is 0 Å². The van der Waals surface area contributed by atoms with Gasteiger partial charge >= 0.3 is 0 Å². The van der Waals surface area contributed by atoms with E-state index in [4.69, 9.17) is 5.73 Å². The second-order valence-corrected chi connectivity index (χ2v) is 5.44. The number of hydrogen-bond donors (Lipinski definition) is 1. The number of rotatable bonds is 4. The number of benzene rings is 1. The third-order valence-electron chi connectivity index (χ3n) is 3.20. The fourth-order valence-electron chi connectivity index (χ4n) is 2.11. The van der Waals surface area contributed by atoms with Gasteiger partial charge in [-0.3, -0.25) is 0 Å². The minimum atomic E-state index is 0.509. The van der Waals surface area contributed by atoms with Crippen molar-refractivity contribution in [2.75, 3.05) is 11.9 Å². The average Bonchev–Trinajstić information content (AvgIpc) is 2.41. The number of aromatic nitrogens is 1. The van der Waals surface area contributed by atoms with Crippen LogP contribution in [-0.2, 0) is 13.1 Å². The molecule has 2 aromatic rings. The van der Waals surface area contributed by atoms with E-state index in [-0.39, 0.29) is 0 Å². The first-order valence-electron chi connectivity index (χ1n) is 6.22. The van der Waals surface area contributed by atoms with Crippen molar-refractivity contribution in [3.05, 3.63) is 57.7 Å². The molecule has 3 nitrogen and oxygen atoms in total. The normalized spacial score (nSPS) is 10.5. The molecule has 0 amide bonds. The van der Waals surface area contributed by atoms with Crippen molar-refractivity contribution in [3.8, 4) is 0 Å². The van der Waals surface area contributed by atoms with Crippen LogP contribution in [-0.4, -0.2) is 12.0 Å². The maximum absolute atomic E-state index is 5.84. The number of pyridine rings is 1. The summed E-state index contributed by atoms with van der Waals surface area (Å²) in [6.45, 7) is 3.37. The van der Waals surface area contributed by atoms with Crippen LogP contribution in [0.3, 0.4) is 0 Å². The van der Waals surface area contributed by atoms with E-state index >= 15 is 0 Å². The molecule has 100 valence electrons. The molecule has 0 aliphatic heterocycles. The van der Waals surface area contributed by atoms with Gasteiger partial charge < -0.3 is 10.6 Å². The molecule has 0 saturated heterocycles. The summed E-state index contributed by atoms with van der Waals surface area (Å²) in [4.78, 5) is 6.60. The van der Waals surface area contributed by atoms with E-state index < -0.39 is 0 Å². The Bertz CT molecular complexity index is 569. The van der Waals surface area contributed by atoms with Crippen LogP contribution in [0.1, 0.15) is 16.7 Å². The molecular weight excluding hydrogens is 302 g/mol. The monoisotopic (exact) mass is 319 g/mol. The summed E-state index contributed by atoms with van der Waals surface area (Å²) < 4.78 is 1.11. The van der Waals surface area contributed by atoms with Crippen LogP contribution in [0.2, 0.25) is 0 Å². The van der Waals surface area contributed by atoms with Crippen LogP contribution in [0.5, 0.6) is 0 Å². The third-order valence-corrected chi connectivity index (χ3v) is 3.97. The lowest BCUT2D eigenvalue weighted by molar-refractivity contribution is 0.868. The van der Waals surface area contributed by atoms with Crippen LogP contribution in [0.4, 0.5) is 5.82 Å². The lowest BCUT2D eigenvalue weighted by Gasteiger charge is -2.22. The lowest BCUT2D eigenvalue weighted by atomic mass is 10.1. The smallest absolute Gasteiger partial charge is 0.133 e. The Morgan fingerprint density at radius 2 is 2.00 bits per heavy atom. The molecule has 0 unspecified atom stereocenters. The van der Waals surface area contributed by atoms with Crippen molar-refractivity contribution in [3.63, 3.8) is 0 Å². The number of nitrogens with zero attached hydrogens (tertiary/aromatic N) is 2. The van der Waals surface area contributed by atoms with E-state index in [1.54, 1.807) is 0 Å². The largest absolute Gasteiger partial charge is 0.355 e. The standard InChI is InChI=1S/C15H18BrN3/c1-11-7-8-18-15(13(11)9-17)19(2)10-12-5-3-4-6-14(12)16/h3-8H,9-10,17H2,1-2H3. The minimum Gasteiger partial charge on any atom is -0.355 e. The number of nitrogens with two attached hydrogens (primary N) is 1. The molecule has 19 heavy (non-hydrogen) atoms. The summed E-state index contributed by atoms with van der Waals surface area (Å²) in [5.41, 5.74) is 9.36. The molecule has 1 heterocycles. The molecule has 0 radical (unpaired) electrons.